The minimum atomic E-state index is -1.99. The molecule has 0 radical (unpaired) electrons. The van der Waals surface area contributed by atoms with Gasteiger partial charge in [-0.25, -0.2) is 4.98 Å². The number of hydrogen-bond acceptors (Lipinski definition) is 8. The van der Waals surface area contributed by atoms with Gasteiger partial charge in [0.1, 0.15) is 5.69 Å². The van der Waals surface area contributed by atoms with Crippen LogP contribution in [0.1, 0.15) is 16.8 Å². The van der Waals surface area contributed by atoms with Crippen molar-refractivity contribution in [1.29, 1.82) is 0 Å². The third-order valence-corrected chi connectivity index (χ3v) is 5.10. The highest BCUT2D eigenvalue weighted by molar-refractivity contribution is 7.17. The first-order valence-electron chi connectivity index (χ1n) is 9.37. The number of aromatic hydroxyl groups is 1. The quantitative estimate of drug-likeness (QED) is 0.285. The SMILES string of the molecule is Nc1nc(CC(=O)Nc2ccc(CCNC(O)(O)Cc3ccccc3)cc2)c(O)s1. The maximum absolute atomic E-state index is 12.1. The molecule has 0 aliphatic carbocycles. The van der Waals surface area contributed by atoms with Crippen LogP contribution >= 0.6 is 11.3 Å². The summed E-state index contributed by atoms with van der Waals surface area (Å²) < 4.78 is 0. The number of carbonyl (C=O) groups is 1. The van der Waals surface area contributed by atoms with Crippen LogP contribution in [0, 0.1) is 0 Å². The van der Waals surface area contributed by atoms with Gasteiger partial charge in [-0.05, 0) is 29.7 Å². The van der Waals surface area contributed by atoms with Crippen LogP contribution in [0.3, 0.4) is 0 Å². The van der Waals surface area contributed by atoms with Crippen molar-refractivity contribution in [3.8, 4) is 5.06 Å². The monoisotopic (exact) mass is 428 g/mol. The number of thiazole rings is 1. The van der Waals surface area contributed by atoms with Crippen molar-refractivity contribution in [2.75, 3.05) is 17.6 Å². The standard InChI is InChI=1S/C21H24N4O4S/c22-20-25-17(19(27)30-20)12-18(26)24-16-8-6-14(7-9-16)10-11-23-21(28,29)13-15-4-2-1-3-5-15/h1-9,23,27-29H,10-13H2,(H2,22,25)(H,24,26). The van der Waals surface area contributed by atoms with Crippen molar-refractivity contribution in [2.24, 2.45) is 0 Å². The molecule has 0 saturated heterocycles. The van der Waals surface area contributed by atoms with Crippen molar-refractivity contribution < 1.29 is 20.1 Å². The lowest BCUT2D eigenvalue weighted by atomic mass is 10.1. The van der Waals surface area contributed by atoms with Gasteiger partial charge in [0.25, 0.3) is 0 Å². The molecular formula is C21H24N4O4S. The zero-order valence-electron chi connectivity index (χ0n) is 16.2. The zero-order valence-corrected chi connectivity index (χ0v) is 17.0. The summed E-state index contributed by atoms with van der Waals surface area (Å²) in [7, 11) is 0. The fraction of sp³-hybridized carbons (Fsp3) is 0.238. The maximum Gasteiger partial charge on any atom is 0.230 e. The number of nitrogens with two attached hydrogens (primary N) is 1. The van der Waals surface area contributed by atoms with E-state index >= 15 is 0 Å². The predicted octanol–water partition coefficient (Wildman–Crippen LogP) is 1.63. The number of nitrogens with one attached hydrogen (secondary N) is 2. The number of amides is 1. The predicted molar refractivity (Wildman–Crippen MR) is 116 cm³/mol. The van der Waals surface area contributed by atoms with E-state index in [0.29, 0.717) is 18.7 Å². The number of carbonyl (C=O) groups excluding carboxylic acids is 1. The molecule has 3 rings (SSSR count). The molecule has 2 aromatic carbocycles. The van der Waals surface area contributed by atoms with Gasteiger partial charge < -0.3 is 26.4 Å². The molecule has 0 unspecified atom stereocenters. The zero-order chi connectivity index (χ0) is 21.6. The lowest BCUT2D eigenvalue weighted by Crippen LogP contribution is -2.47. The van der Waals surface area contributed by atoms with Crippen molar-refractivity contribution in [3.63, 3.8) is 0 Å². The Morgan fingerprint density at radius 1 is 1.07 bits per heavy atom. The molecule has 1 amide bonds. The molecule has 0 fully saturated rings. The summed E-state index contributed by atoms with van der Waals surface area (Å²) >= 11 is 0.930. The Labute approximate surface area is 178 Å². The molecule has 0 aliphatic rings. The first-order valence-corrected chi connectivity index (χ1v) is 10.2. The number of nitrogens with zero attached hydrogens (tertiary/aromatic N) is 1. The van der Waals surface area contributed by atoms with Crippen LogP contribution < -0.4 is 16.4 Å². The molecule has 3 aromatic rings. The van der Waals surface area contributed by atoms with E-state index < -0.39 is 5.91 Å². The van der Waals surface area contributed by atoms with E-state index in [2.05, 4.69) is 15.6 Å². The second-order valence-electron chi connectivity index (χ2n) is 6.88. The van der Waals surface area contributed by atoms with Crippen molar-refractivity contribution >= 4 is 28.1 Å². The lowest BCUT2D eigenvalue weighted by Gasteiger charge is -2.23. The summed E-state index contributed by atoms with van der Waals surface area (Å²) in [4.78, 5) is 16.0. The molecule has 0 saturated carbocycles. The highest BCUT2D eigenvalue weighted by atomic mass is 32.1. The van der Waals surface area contributed by atoms with E-state index in [4.69, 9.17) is 5.73 Å². The van der Waals surface area contributed by atoms with Crippen LogP contribution in [0.4, 0.5) is 10.8 Å². The van der Waals surface area contributed by atoms with Gasteiger partial charge in [-0.15, -0.1) is 0 Å². The Hall–Kier alpha value is -2.98. The Balaban J connectivity index is 1.45. The summed E-state index contributed by atoms with van der Waals surface area (Å²) in [6, 6.07) is 16.5. The van der Waals surface area contributed by atoms with Gasteiger partial charge in [-0.3, -0.25) is 10.1 Å². The summed E-state index contributed by atoms with van der Waals surface area (Å²) in [5, 5.41) is 35.5. The Morgan fingerprint density at radius 2 is 1.77 bits per heavy atom. The number of rotatable bonds is 9. The summed E-state index contributed by atoms with van der Waals surface area (Å²) in [6.45, 7) is 0.371. The Kier molecular flexibility index (Phi) is 7.01. The van der Waals surface area contributed by atoms with Gasteiger partial charge in [-0.2, -0.15) is 0 Å². The van der Waals surface area contributed by atoms with Gasteiger partial charge in [0.15, 0.2) is 10.2 Å². The number of nitrogen functional groups attached to an aromatic ring is 1. The molecule has 0 aliphatic heterocycles. The third-order valence-electron chi connectivity index (χ3n) is 4.37. The molecule has 30 heavy (non-hydrogen) atoms. The van der Waals surface area contributed by atoms with Crippen LogP contribution in [-0.2, 0) is 24.1 Å². The van der Waals surface area contributed by atoms with E-state index in [9.17, 15) is 20.1 Å². The van der Waals surface area contributed by atoms with Crippen molar-refractivity contribution in [3.05, 3.63) is 71.4 Å². The first-order chi connectivity index (χ1) is 14.3. The molecule has 0 bridgehead atoms. The maximum atomic E-state index is 12.1. The smallest absolute Gasteiger partial charge is 0.230 e. The second-order valence-corrected chi connectivity index (χ2v) is 7.89. The number of hydrogen-bond donors (Lipinski definition) is 6. The molecular weight excluding hydrogens is 404 g/mol. The van der Waals surface area contributed by atoms with Crippen LogP contribution in [0.2, 0.25) is 0 Å². The molecule has 1 aromatic heterocycles. The molecule has 0 atom stereocenters. The second kappa shape index (κ2) is 9.68. The van der Waals surface area contributed by atoms with E-state index in [0.717, 1.165) is 22.5 Å². The Bertz CT molecular complexity index is 974. The van der Waals surface area contributed by atoms with E-state index in [1.165, 1.54) is 0 Å². The van der Waals surface area contributed by atoms with Gasteiger partial charge in [0.2, 0.25) is 11.8 Å². The molecule has 8 nitrogen and oxygen atoms in total. The largest absolute Gasteiger partial charge is 0.498 e. The van der Waals surface area contributed by atoms with Gasteiger partial charge in [-0.1, -0.05) is 53.8 Å². The van der Waals surface area contributed by atoms with E-state index in [1.807, 2.05) is 42.5 Å². The normalized spacial score (nSPS) is 11.4. The van der Waals surface area contributed by atoms with Crippen molar-refractivity contribution in [2.45, 2.75) is 25.2 Å². The van der Waals surface area contributed by atoms with Crippen LogP contribution in [0.5, 0.6) is 5.06 Å². The van der Waals surface area contributed by atoms with Gasteiger partial charge in [0, 0.05) is 18.7 Å². The van der Waals surface area contributed by atoms with Gasteiger partial charge in [0.05, 0.1) is 6.42 Å². The van der Waals surface area contributed by atoms with Crippen LogP contribution in [0.25, 0.3) is 0 Å². The fourth-order valence-electron chi connectivity index (χ4n) is 2.94. The topological polar surface area (TPSA) is 141 Å². The minimum Gasteiger partial charge on any atom is -0.498 e. The van der Waals surface area contributed by atoms with Gasteiger partial charge >= 0.3 is 0 Å². The summed E-state index contributed by atoms with van der Waals surface area (Å²) in [6.07, 6.45) is 0.596. The van der Waals surface area contributed by atoms with E-state index in [-0.39, 0.29) is 34.6 Å². The van der Waals surface area contributed by atoms with Crippen molar-refractivity contribution in [1.82, 2.24) is 10.3 Å². The molecule has 158 valence electrons. The first kappa shape index (κ1) is 21.7. The third kappa shape index (κ3) is 6.53. The Morgan fingerprint density at radius 3 is 2.40 bits per heavy atom. The van der Waals surface area contributed by atoms with E-state index in [1.54, 1.807) is 12.1 Å². The highest BCUT2D eigenvalue weighted by Gasteiger charge is 2.22. The highest BCUT2D eigenvalue weighted by Crippen LogP contribution is 2.27. The average Bonchev–Trinajstić information content (AvgIpc) is 3.00. The molecule has 0 spiro atoms. The number of aliphatic hydroxyl groups is 2. The van der Waals surface area contributed by atoms with Crippen LogP contribution in [-0.4, -0.2) is 38.7 Å². The summed E-state index contributed by atoms with van der Waals surface area (Å²) in [5.41, 5.74) is 8.17. The molecule has 1 heterocycles. The fourth-order valence-corrected chi connectivity index (χ4v) is 3.53. The lowest BCUT2D eigenvalue weighted by molar-refractivity contribution is -0.183. The number of aromatic nitrogens is 1. The minimum absolute atomic E-state index is 0.0541. The molecule has 9 heteroatoms. The average molecular weight is 429 g/mol. The van der Waals surface area contributed by atoms with Crippen LogP contribution in [0.15, 0.2) is 54.6 Å². The molecule has 7 N–H and O–H groups in total. The number of anilines is 2. The number of benzene rings is 2. The summed E-state index contributed by atoms with van der Waals surface area (Å²) in [5.74, 6) is -2.30.